The van der Waals surface area contributed by atoms with Crippen molar-refractivity contribution >= 4 is 22.6 Å². The minimum atomic E-state index is -0.153. The van der Waals surface area contributed by atoms with Gasteiger partial charge >= 0.3 is 0 Å². The third kappa shape index (κ3) is 1.93. The summed E-state index contributed by atoms with van der Waals surface area (Å²) in [4.78, 5) is 4.51. The van der Waals surface area contributed by atoms with Crippen molar-refractivity contribution in [3.63, 3.8) is 0 Å². The zero-order valence-corrected chi connectivity index (χ0v) is 10.2. The second-order valence-corrected chi connectivity index (χ2v) is 4.61. The van der Waals surface area contributed by atoms with Crippen molar-refractivity contribution < 1.29 is 5.11 Å². The maximum atomic E-state index is 9.07. The lowest BCUT2D eigenvalue weighted by molar-refractivity contribution is 0.276. The van der Waals surface area contributed by atoms with Crippen molar-refractivity contribution in [1.29, 1.82) is 0 Å². The molecular weight excluding hydrogens is 224 g/mol. The highest BCUT2D eigenvalue weighted by molar-refractivity contribution is 6.20. The molecule has 2 rings (SSSR count). The van der Waals surface area contributed by atoms with Gasteiger partial charge in [0, 0.05) is 6.54 Å². The molecule has 0 saturated heterocycles. The van der Waals surface area contributed by atoms with Crippen LogP contribution in [0.2, 0.25) is 0 Å². The summed E-state index contributed by atoms with van der Waals surface area (Å²) in [7, 11) is 0. The molecule has 4 heteroatoms. The summed E-state index contributed by atoms with van der Waals surface area (Å²) in [6, 6.07) is 6.10. The number of nitrogens with zero attached hydrogens (tertiary/aromatic N) is 2. The van der Waals surface area contributed by atoms with Gasteiger partial charge in [0.05, 0.1) is 23.0 Å². The Kier molecular flexibility index (Phi) is 3.17. The number of rotatable bonds is 3. The summed E-state index contributed by atoms with van der Waals surface area (Å²) >= 11 is 6.09. The second kappa shape index (κ2) is 4.44. The van der Waals surface area contributed by atoms with Crippen LogP contribution in [0.5, 0.6) is 0 Å². The number of fused-ring (bicyclic) bond motifs is 1. The van der Waals surface area contributed by atoms with Crippen molar-refractivity contribution in [1.82, 2.24) is 9.55 Å². The van der Waals surface area contributed by atoms with E-state index in [4.69, 9.17) is 16.7 Å². The molecule has 1 aromatic heterocycles. The second-order valence-electron chi connectivity index (χ2n) is 3.95. The molecule has 0 spiro atoms. The molecule has 3 nitrogen and oxygen atoms in total. The summed E-state index contributed by atoms with van der Waals surface area (Å²) in [5, 5.41) is 8.91. The number of hydrogen-bond acceptors (Lipinski definition) is 2. The Morgan fingerprint density at radius 1 is 1.50 bits per heavy atom. The quantitative estimate of drug-likeness (QED) is 0.835. The minimum absolute atomic E-state index is 0.0932. The van der Waals surface area contributed by atoms with Gasteiger partial charge in [0.15, 0.2) is 0 Å². The number of aromatic nitrogens is 2. The SMILES string of the molecule is Cc1ccc2c(c1)nc(C(C)Cl)n2CCO. The van der Waals surface area contributed by atoms with Gasteiger partial charge in [-0.15, -0.1) is 11.6 Å². The first kappa shape index (κ1) is 11.4. The third-order valence-corrected chi connectivity index (χ3v) is 2.81. The van der Waals surface area contributed by atoms with E-state index in [1.54, 1.807) is 0 Å². The van der Waals surface area contributed by atoms with Crippen LogP contribution in [0, 0.1) is 6.92 Å². The summed E-state index contributed by atoms with van der Waals surface area (Å²) in [6.45, 7) is 4.56. The third-order valence-electron chi connectivity index (χ3n) is 2.61. The van der Waals surface area contributed by atoms with Crippen LogP contribution in [0.3, 0.4) is 0 Å². The highest BCUT2D eigenvalue weighted by Gasteiger charge is 2.14. The van der Waals surface area contributed by atoms with Crippen LogP contribution in [-0.2, 0) is 6.54 Å². The van der Waals surface area contributed by atoms with Crippen LogP contribution < -0.4 is 0 Å². The van der Waals surface area contributed by atoms with Crippen molar-refractivity contribution in [3.05, 3.63) is 29.6 Å². The molecular formula is C12H15ClN2O. The zero-order chi connectivity index (χ0) is 11.7. The molecule has 0 aliphatic heterocycles. The number of aryl methyl sites for hydroxylation is 1. The smallest absolute Gasteiger partial charge is 0.127 e. The Bertz CT molecular complexity index is 505. The monoisotopic (exact) mass is 238 g/mol. The number of alkyl halides is 1. The minimum Gasteiger partial charge on any atom is -0.395 e. The lowest BCUT2D eigenvalue weighted by atomic mass is 10.2. The lowest BCUT2D eigenvalue weighted by Crippen LogP contribution is -2.07. The predicted octanol–water partition coefficient (Wildman–Crippen LogP) is 2.64. The largest absolute Gasteiger partial charge is 0.395 e. The number of benzene rings is 1. The van der Waals surface area contributed by atoms with E-state index in [1.165, 1.54) is 5.56 Å². The molecule has 1 atom stereocenters. The van der Waals surface area contributed by atoms with Gasteiger partial charge < -0.3 is 9.67 Å². The Hall–Kier alpha value is -1.06. The zero-order valence-electron chi connectivity index (χ0n) is 9.44. The molecule has 0 aliphatic rings. The van der Waals surface area contributed by atoms with E-state index in [0.717, 1.165) is 16.9 Å². The number of hydrogen-bond donors (Lipinski definition) is 1. The summed E-state index contributed by atoms with van der Waals surface area (Å²) in [5.74, 6) is 0.816. The van der Waals surface area contributed by atoms with Crippen LogP contribution in [-0.4, -0.2) is 21.3 Å². The van der Waals surface area contributed by atoms with Gasteiger partial charge in [0.1, 0.15) is 5.82 Å². The maximum absolute atomic E-state index is 9.07. The summed E-state index contributed by atoms with van der Waals surface area (Å²) < 4.78 is 1.98. The molecule has 1 aromatic carbocycles. The Labute approximate surface area is 99.7 Å². The van der Waals surface area contributed by atoms with E-state index in [2.05, 4.69) is 4.98 Å². The van der Waals surface area contributed by atoms with Gasteiger partial charge in [-0.25, -0.2) is 4.98 Å². The molecule has 0 radical (unpaired) electrons. The Morgan fingerprint density at radius 2 is 2.25 bits per heavy atom. The molecule has 1 N–H and O–H groups in total. The molecule has 0 fully saturated rings. The molecule has 16 heavy (non-hydrogen) atoms. The van der Waals surface area contributed by atoms with Crippen molar-refractivity contribution in [2.75, 3.05) is 6.61 Å². The lowest BCUT2D eigenvalue weighted by Gasteiger charge is -2.08. The average molecular weight is 239 g/mol. The van der Waals surface area contributed by atoms with E-state index in [0.29, 0.717) is 6.54 Å². The van der Waals surface area contributed by atoms with Crippen LogP contribution in [0.4, 0.5) is 0 Å². The van der Waals surface area contributed by atoms with Gasteiger partial charge in [-0.2, -0.15) is 0 Å². The van der Waals surface area contributed by atoms with Gasteiger partial charge in [0.2, 0.25) is 0 Å². The molecule has 1 unspecified atom stereocenters. The van der Waals surface area contributed by atoms with Gasteiger partial charge in [-0.3, -0.25) is 0 Å². The fourth-order valence-corrected chi connectivity index (χ4v) is 2.06. The van der Waals surface area contributed by atoms with E-state index in [9.17, 15) is 0 Å². The molecule has 86 valence electrons. The standard InChI is InChI=1S/C12H15ClN2O/c1-8-3-4-11-10(7-8)14-12(9(2)13)15(11)5-6-16/h3-4,7,9,16H,5-6H2,1-2H3. The Morgan fingerprint density at radius 3 is 2.88 bits per heavy atom. The number of aliphatic hydroxyl groups excluding tert-OH is 1. The van der Waals surface area contributed by atoms with Crippen molar-refractivity contribution in [2.24, 2.45) is 0 Å². The highest BCUT2D eigenvalue weighted by Crippen LogP contribution is 2.24. The van der Waals surface area contributed by atoms with E-state index < -0.39 is 0 Å². The van der Waals surface area contributed by atoms with E-state index in [1.807, 2.05) is 36.6 Å². The Balaban J connectivity index is 2.65. The van der Waals surface area contributed by atoms with Crippen LogP contribution in [0.25, 0.3) is 11.0 Å². The number of halogens is 1. The first-order valence-corrected chi connectivity index (χ1v) is 5.79. The van der Waals surface area contributed by atoms with Gasteiger partial charge in [-0.1, -0.05) is 6.07 Å². The van der Waals surface area contributed by atoms with Crippen LogP contribution in [0.1, 0.15) is 23.7 Å². The average Bonchev–Trinajstić information content (AvgIpc) is 2.57. The number of aliphatic hydroxyl groups is 1. The summed E-state index contributed by atoms with van der Waals surface area (Å²) in [6.07, 6.45) is 0. The molecule has 0 amide bonds. The molecule has 0 aliphatic carbocycles. The van der Waals surface area contributed by atoms with Gasteiger partial charge in [0.25, 0.3) is 0 Å². The maximum Gasteiger partial charge on any atom is 0.127 e. The fraction of sp³-hybridized carbons (Fsp3) is 0.417. The highest BCUT2D eigenvalue weighted by atomic mass is 35.5. The normalized spacial score (nSPS) is 13.2. The molecule has 2 aromatic rings. The van der Waals surface area contributed by atoms with E-state index >= 15 is 0 Å². The van der Waals surface area contributed by atoms with Crippen molar-refractivity contribution in [2.45, 2.75) is 25.8 Å². The molecule has 0 bridgehead atoms. The topological polar surface area (TPSA) is 38.0 Å². The predicted molar refractivity (Wildman–Crippen MR) is 65.8 cm³/mol. The first-order valence-electron chi connectivity index (χ1n) is 5.35. The fourth-order valence-electron chi connectivity index (χ4n) is 1.90. The number of imidazole rings is 1. The summed E-state index contributed by atoms with van der Waals surface area (Å²) in [5.41, 5.74) is 3.15. The van der Waals surface area contributed by atoms with Crippen LogP contribution in [0.15, 0.2) is 18.2 Å². The first-order chi connectivity index (χ1) is 7.63. The van der Waals surface area contributed by atoms with Crippen molar-refractivity contribution in [3.8, 4) is 0 Å². The van der Waals surface area contributed by atoms with Crippen LogP contribution >= 0.6 is 11.6 Å². The van der Waals surface area contributed by atoms with E-state index in [-0.39, 0.29) is 12.0 Å². The molecule has 0 saturated carbocycles. The van der Waals surface area contributed by atoms with Gasteiger partial charge in [-0.05, 0) is 31.5 Å². The molecule has 1 heterocycles.